The summed E-state index contributed by atoms with van der Waals surface area (Å²) in [6.45, 7) is 6.26. The lowest BCUT2D eigenvalue weighted by Gasteiger charge is -2.06. The van der Waals surface area contributed by atoms with Gasteiger partial charge in [0.2, 0.25) is 0 Å². The first-order valence-electron chi connectivity index (χ1n) is 6.17. The smallest absolute Gasteiger partial charge is 0.258 e. The fourth-order valence-corrected chi connectivity index (χ4v) is 1.36. The molecule has 0 atom stereocenters. The number of nitrogens with zero attached hydrogens (tertiary/aromatic N) is 1. The number of H-pyrrole nitrogens is 1. The summed E-state index contributed by atoms with van der Waals surface area (Å²) in [4.78, 5) is 17.8. The number of hydrogen-bond acceptors (Lipinski definition) is 5. The van der Waals surface area contributed by atoms with Crippen LogP contribution in [-0.4, -0.2) is 28.0 Å². The maximum Gasteiger partial charge on any atom is 0.258 e. The van der Waals surface area contributed by atoms with Gasteiger partial charge in [0, 0.05) is 6.07 Å². The third-order valence-corrected chi connectivity index (χ3v) is 2.02. The molecule has 20 heavy (non-hydrogen) atoms. The van der Waals surface area contributed by atoms with Gasteiger partial charge in [0.1, 0.15) is 0 Å². The van der Waals surface area contributed by atoms with Crippen molar-refractivity contribution < 1.29 is 9.84 Å². The average molecular weight is 280 g/mol. The zero-order valence-corrected chi connectivity index (χ0v) is 11.8. The fraction of sp³-hybridized carbons (Fsp3) is 0.308. The number of rotatable bonds is 2. The molecule has 0 fully saturated rings. The normalized spacial score (nSPS) is 8.75. The standard InChI is InChI=1S/C10H10N2O3.C2H6.CH4N2/c1-2-15-9-4-7-6(3-8(9)13)10(14)12-5-11-7;1-2;2-1-3/h3-5,13H,2H2,1H3,(H,11,12,14);1-2H3;1H,(H3,2,3). The molecule has 0 bridgehead atoms. The highest BCUT2D eigenvalue weighted by atomic mass is 16.5. The molecular formula is C13H20N4O3. The largest absolute Gasteiger partial charge is 0.504 e. The number of hydrogen-bond donors (Lipinski definition) is 4. The summed E-state index contributed by atoms with van der Waals surface area (Å²) in [6, 6.07) is 2.90. The maximum absolute atomic E-state index is 11.4. The van der Waals surface area contributed by atoms with Gasteiger partial charge < -0.3 is 20.6 Å². The number of benzene rings is 1. The molecule has 0 aliphatic carbocycles. The molecule has 2 aromatic rings. The molecule has 1 aromatic heterocycles. The van der Waals surface area contributed by atoms with Gasteiger partial charge in [-0.2, -0.15) is 0 Å². The van der Waals surface area contributed by atoms with Crippen LogP contribution >= 0.6 is 0 Å². The Kier molecular flexibility index (Phi) is 8.17. The molecule has 0 radical (unpaired) electrons. The molecule has 0 saturated carbocycles. The first kappa shape index (κ1) is 17.4. The van der Waals surface area contributed by atoms with E-state index in [0.717, 1.165) is 6.34 Å². The zero-order valence-electron chi connectivity index (χ0n) is 11.8. The van der Waals surface area contributed by atoms with Crippen LogP contribution in [-0.2, 0) is 0 Å². The van der Waals surface area contributed by atoms with Crippen molar-refractivity contribution in [1.29, 1.82) is 5.41 Å². The van der Waals surface area contributed by atoms with Crippen LogP contribution in [0.4, 0.5) is 0 Å². The van der Waals surface area contributed by atoms with Gasteiger partial charge in [-0.15, -0.1) is 0 Å². The van der Waals surface area contributed by atoms with E-state index in [4.69, 9.17) is 10.1 Å². The lowest BCUT2D eigenvalue weighted by atomic mass is 10.2. The molecule has 1 aromatic carbocycles. The molecule has 0 spiro atoms. The highest BCUT2D eigenvalue weighted by Crippen LogP contribution is 2.28. The Morgan fingerprint density at radius 1 is 1.50 bits per heavy atom. The first-order chi connectivity index (χ1) is 9.63. The summed E-state index contributed by atoms with van der Waals surface area (Å²) in [5.74, 6) is 0.283. The van der Waals surface area contributed by atoms with E-state index in [1.54, 1.807) is 6.07 Å². The third-order valence-electron chi connectivity index (χ3n) is 2.02. The summed E-state index contributed by atoms with van der Waals surface area (Å²) < 4.78 is 5.18. The lowest BCUT2D eigenvalue weighted by Crippen LogP contribution is -2.06. The second kappa shape index (κ2) is 9.37. The average Bonchev–Trinajstić information content (AvgIpc) is 2.44. The predicted octanol–water partition coefficient (Wildman–Crippen LogP) is 1.61. The van der Waals surface area contributed by atoms with Crippen molar-refractivity contribution in [3.8, 4) is 11.5 Å². The minimum Gasteiger partial charge on any atom is -0.504 e. The Balaban J connectivity index is 0.000000641. The van der Waals surface area contributed by atoms with Gasteiger partial charge in [-0.25, -0.2) is 4.98 Å². The number of aromatic nitrogens is 2. The van der Waals surface area contributed by atoms with Crippen molar-refractivity contribution in [3.63, 3.8) is 0 Å². The van der Waals surface area contributed by atoms with Gasteiger partial charge >= 0.3 is 0 Å². The van der Waals surface area contributed by atoms with E-state index in [1.165, 1.54) is 12.4 Å². The van der Waals surface area contributed by atoms with Crippen LogP contribution < -0.4 is 16.0 Å². The molecule has 5 N–H and O–H groups in total. The summed E-state index contributed by atoms with van der Waals surface area (Å²) in [5, 5.41) is 15.8. The number of phenols is 1. The quantitative estimate of drug-likeness (QED) is 0.491. The van der Waals surface area contributed by atoms with E-state index < -0.39 is 0 Å². The fourth-order valence-electron chi connectivity index (χ4n) is 1.36. The molecule has 0 saturated heterocycles. The van der Waals surface area contributed by atoms with Gasteiger partial charge in [0.05, 0.1) is 30.2 Å². The second-order valence-electron chi connectivity index (χ2n) is 3.17. The number of ether oxygens (including phenoxy) is 1. The molecular weight excluding hydrogens is 260 g/mol. The van der Waals surface area contributed by atoms with Gasteiger partial charge in [-0.1, -0.05) is 13.8 Å². The molecule has 7 heteroatoms. The first-order valence-corrected chi connectivity index (χ1v) is 6.17. The summed E-state index contributed by atoms with van der Waals surface area (Å²) >= 11 is 0. The Hall–Kier alpha value is -2.57. The second-order valence-corrected chi connectivity index (χ2v) is 3.17. The van der Waals surface area contributed by atoms with Crippen molar-refractivity contribution in [3.05, 3.63) is 28.8 Å². The van der Waals surface area contributed by atoms with Crippen LogP contribution in [0.2, 0.25) is 0 Å². The van der Waals surface area contributed by atoms with Crippen LogP contribution in [0.1, 0.15) is 20.8 Å². The topological polar surface area (TPSA) is 125 Å². The maximum atomic E-state index is 11.4. The molecule has 2 rings (SSSR count). The number of phenolic OH excluding ortho intramolecular Hbond substituents is 1. The van der Waals surface area contributed by atoms with E-state index >= 15 is 0 Å². The van der Waals surface area contributed by atoms with Crippen molar-refractivity contribution in [2.24, 2.45) is 5.73 Å². The summed E-state index contributed by atoms with van der Waals surface area (Å²) in [7, 11) is 0. The molecule has 0 aliphatic heterocycles. The van der Waals surface area contributed by atoms with Gasteiger partial charge in [0.25, 0.3) is 5.56 Å². The minimum absolute atomic E-state index is 0.0529. The van der Waals surface area contributed by atoms with Crippen LogP contribution in [0.15, 0.2) is 23.3 Å². The third kappa shape index (κ3) is 4.60. The molecule has 7 nitrogen and oxygen atoms in total. The lowest BCUT2D eigenvalue weighted by molar-refractivity contribution is 0.319. The van der Waals surface area contributed by atoms with E-state index in [-0.39, 0.29) is 11.3 Å². The summed E-state index contributed by atoms with van der Waals surface area (Å²) in [6.07, 6.45) is 2.07. The van der Waals surface area contributed by atoms with E-state index in [0.29, 0.717) is 23.3 Å². The van der Waals surface area contributed by atoms with E-state index in [2.05, 4.69) is 15.7 Å². The van der Waals surface area contributed by atoms with Crippen molar-refractivity contribution in [1.82, 2.24) is 9.97 Å². The number of aromatic amines is 1. The predicted molar refractivity (Wildman–Crippen MR) is 79.5 cm³/mol. The number of nitrogens with two attached hydrogens (primary N) is 1. The number of aromatic hydroxyl groups is 1. The molecule has 1 heterocycles. The van der Waals surface area contributed by atoms with Crippen LogP contribution in [0.3, 0.4) is 0 Å². The Morgan fingerprint density at radius 2 is 2.10 bits per heavy atom. The van der Waals surface area contributed by atoms with E-state index in [9.17, 15) is 9.90 Å². The zero-order chi connectivity index (χ0) is 15.5. The molecule has 0 unspecified atom stereocenters. The van der Waals surface area contributed by atoms with Crippen molar-refractivity contribution >= 4 is 17.2 Å². The summed E-state index contributed by atoms with van der Waals surface area (Å²) in [5.41, 5.74) is 4.61. The number of fused-ring (bicyclic) bond motifs is 1. The minimum atomic E-state index is -0.279. The Bertz CT molecular complexity index is 596. The molecule has 110 valence electrons. The van der Waals surface area contributed by atoms with Crippen LogP contribution in [0.5, 0.6) is 11.5 Å². The molecule has 0 aliphatic rings. The van der Waals surface area contributed by atoms with Crippen molar-refractivity contribution in [2.45, 2.75) is 20.8 Å². The van der Waals surface area contributed by atoms with Crippen LogP contribution in [0.25, 0.3) is 10.9 Å². The van der Waals surface area contributed by atoms with Gasteiger partial charge in [-0.05, 0) is 13.0 Å². The highest BCUT2D eigenvalue weighted by Gasteiger charge is 2.07. The number of nitrogens with one attached hydrogen (secondary N) is 2. The SMILES string of the molecule is CC.CCOc1cc2nc[nH]c(=O)c2cc1O.N=CN. The molecule has 0 amide bonds. The monoisotopic (exact) mass is 280 g/mol. The van der Waals surface area contributed by atoms with Crippen molar-refractivity contribution in [2.75, 3.05) is 6.61 Å². The Morgan fingerprint density at radius 3 is 2.65 bits per heavy atom. The van der Waals surface area contributed by atoms with Crippen LogP contribution in [0, 0.1) is 5.41 Å². The highest BCUT2D eigenvalue weighted by molar-refractivity contribution is 5.81. The van der Waals surface area contributed by atoms with Gasteiger partial charge in [0.15, 0.2) is 11.5 Å². The Labute approximate surface area is 116 Å². The van der Waals surface area contributed by atoms with Gasteiger partial charge in [-0.3, -0.25) is 10.2 Å². The van der Waals surface area contributed by atoms with E-state index in [1.807, 2.05) is 20.8 Å².